The third kappa shape index (κ3) is 2.65. The molecule has 1 aliphatic heterocycles. The van der Waals surface area contributed by atoms with Gasteiger partial charge in [-0.1, -0.05) is 23.3 Å². The van der Waals surface area contributed by atoms with Gasteiger partial charge in [0.1, 0.15) is 0 Å². The Balaban J connectivity index is 2.00. The number of fused-ring (bicyclic) bond motifs is 1. The first kappa shape index (κ1) is 12.1. The van der Waals surface area contributed by atoms with Crippen LogP contribution in [0.15, 0.2) is 23.3 Å². The Labute approximate surface area is 102 Å². The minimum Gasteiger partial charge on any atom is -0.296 e. The molecule has 3 heteroatoms. The van der Waals surface area contributed by atoms with Crippen molar-refractivity contribution < 1.29 is 9.59 Å². The summed E-state index contributed by atoms with van der Waals surface area (Å²) in [6, 6.07) is 0. The lowest BCUT2D eigenvalue weighted by Gasteiger charge is -2.23. The molecule has 2 rings (SSSR count). The molecule has 3 nitrogen and oxygen atoms in total. The molecule has 0 aromatic rings. The van der Waals surface area contributed by atoms with E-state index in [9.17, 15) is 9.59 Å². The van der Waals surface area contributed by atoms with E-state index in [-0.39, 0.29) is 23.7 Å². The second kappa shape index (κ2) is 4.86. The first-order valence-electron chi connectivity index (χ1n) is 6.24. The van der Waals surface area contributed by atoms with Crippen molar-refractivity contribution in [2.24, 2.45) is 11.8 Å². The summed E-state index contributed by atoms with van der Waals surface area (Å²) >= 11 is 0. The quantitative estimate of drug-likeness (QED) is 0.588. The second-order valence-electron chi connectivity index (χ2n) is 5.19. The average molecular weight is 233 g/mol. The molecule has 1 aliphatic carbocycles. The van der Waals surface area contributed by atoms with Crippen molar-refractivity contribution >= 4 is 11.8 Å². The van der Waals surface area contributed by atoms with Gasteiger partial charge < -0.3 is 0 Å². The molecular weight excluding hydrogens is 214 g/mol. The van der Waals surface area contributed by atoms with Crippen LogP contribution in [-0.4, -0.2) is 11.8 Å². The fourth-order valence-corrected chi connectivity index (χ4v) is 2.61. The Morgan fingerprint density at radius 2 is 2.00 bits per heavy atom. The van der Waals surface area contributed by atoms with Crippen molar-refractivity contribution in [3.8, 4) is 0 Å². The Kier molecular flexibility index (Phi) is 3.46. The van der Waals surface area contributed by atoms with Gasteiger partial charge in [0.25, 0.3) is 0 Å². The first-order valence-corrected chi connectivity index (χ1v) is 6.24. The van der Waals surface area contributed by atoms with Crippen molar-refractivity contribution in [1.29, 1.82) is 0 Å². The number of allylic oxidation sites excluding steroid dienone is 4. The number of amides is 2. The molecule has 2 amide bonds. The highest BCUT2D eigenvalue weighted by molar-refractivity contribution is 6.05. The monoisotopic (exact) mass is 233 g/mol. The Hall–Kier alpha value is -1.38. The average Bonchev–Trinajstić information content (AvgIpc) is 2.54. The zero-order valence-electron chi connectivity index (χ0n) is 10.5. The van der Waals surface area contributed by atoms with E-state index in [0.29, 0.717) is 0 Å². The second-order valence-corrected chi connectivity index (χ2v) is 5.19. The molecule has 0 spiro atoms. The van der Waals surface area contributed by atoms with Gasteiger partial charge in [-0.05, 0) is 39.5 Å². The summed E-state index contributed by atoms with van der Waals surface area (Å²) in [5, 5.41) is 2.44. The van der Waals surface area contributed by atoms with Crippen LogP contribution in [0, 0.1) is 11.8 Å². The molecule has 17 heavy (non-hydrogen) atoms. The van der Waals surface area contributed by atoms with E-state index in [1.54, 1.807) is 0 Å². The molecule has 0 aromatic heterocycles. The van der Waals surface area contributed by atoms with Crippen molar-refractivity contribution in [2.45, 2.75) is 39.5 Å². The molecule has 1 N–H and O–H groups in total. The molecule has 1 saturated carbocycles. The zero-order chi connectivity index (χ0) is 12.4. The SMILES string of the molecule is CC(C)=CC/C=C1\CCC2C(=O)NC(=O)C2C1. The predicted octanol–water partition coefficient (Wildman–Crippen LogP) is 2.34. The molecule has 0 bridgehead atoms. The summed E-state index contributed by atoms with van der Waals surface area (Å²) < 4.78 is 0. The largest absolute Gasteiger partial charge is 0.296 e. The van der Waals surface area contributed by atoms with Crippen molar-refractivity contribution in [3.63, 3.8) is 0 Å². The van der Waals surface area contributed by atoms with Crippen LogP contribution < -0.4 is 5.32 Å². The molecule has 2 unspecified atom stereocenters. The lowest BCUT2D eigenvalue weighted by molar-refractivity contribution is -0.126. The highest BCUT2D eigenvalue weighted by Crippen LogP contribution is 2.37. The molecule has 2 fully saturated rings. The van der Waals surface area contributed by atoms with Crippen LogP contribution >= 0.6 is 0 Å². The third-order valence-corrected chi connectivity index (χ3v) is 3.60. The van der Waals surface area contributed by atoms with E-state index in [2.05, 4.69) is 31.3 Å². The standard InChI is InChI=1S/C14H19NO2/c1-9(2)4-3-5-10-6-7-11-12(8-10)14(17)15-13(11)16/h4-5,11-12H,3,6-8H2,1-2H3,(H,15,16,17)/b10-5+. The molecule has 2 atom stereocenters. The smallest absolute Gasteiger partial charge is 0.230 e. The highest BCUT2D eigenvalue weighted by atomic mass is 16.2. The maximum atomic E-state index is 11.6. The number of hydrogen-bond acceptors (Lipinski definition) is 2. The van der Waals surface area contributed by atoms with Crippen LogP contribution in [0.2, 0.25) is 0 Å². The summed E-state index contributed by atoms with van der Waals surface area (Å²) in [6.45, 7) is 4.16. The highest BCUT2D eigenvalue weighted by Gasteiger charge is 2.43. The van der Waals surface area contributed by atoms with E-state index in [0.717, 1.165) is 25.7 Å². The fourth-order valence-electron chi connectivity index (χ4n) is 2.61. The summed E-state index contributed by atoms with van der Waals surface area (Å²) in [7, 11) is 0. The van der Waals surface area contributed by atoms with E-state index in [1.165, 1.54) is 11.1 Å². The number of nitrogens with one attached hydrogen (secondary N) is 1. The van der Waals surface area contributed by atoms with Crippen LogP contribution in [0.1, 0.15) is 39.5 Å². The molecule has 92 valence electrons. The predicted molar refractivity (Wildman–Crippen MR) is 66.1 cm³/mol. The van der Waals surface area contributed by atoms with Gasteiger partial charge in [0.15, 0.2) is 0 Å². The van der Waals surface area contributed by atoms with Gasteiger partial charge in [-0.15, -0.1) is 0 Å². The first-order chi connectivity index (χ1) is 8.08. The van der Waals surface area contributed by atoms with Crippen LogP contribution in [0.4, 0.5) is 0 Å². The maximum absolute atomic E-state index is 11.6. The lowest BCUT2D eigenvalue weighted by Crippen LogP contribution is -2.23. The van der Waals surface area contributed by atoms with Crippen LogP contribution in [-0.2, 0) is 9.59 Å². The van der Waals surface area contributed by atoms with Gasteiger partial charge >= 0.3 is 0 Å². The van der Waals surface area contributed by atoms with E-state index >= 15 is 0 Å². The van der Waals surface area contributed by atoms with Gasteiger partial charge in [-0.2, -0.15) is 0 Å². The number of carbonyl (C=O) groups excluding carboxylic acids is 2. The summed E-state index contributed by atoms with van der Waals surface area (Å²) in [5.41, 5.74) is 2.64. The molecule has 1 heterocycles. The summed E-state index contributed by atoms with van der Waals surface area (Å²) in [6.07, 6.45) is 7.86. The maximum Gasteiger partial charge on any atom is 0.230 e. The zero-order valence-corrected chi connectivity index (χ0v) is 10.5. The fraction of sp³-hybridized carbons (Fsp3) is 0.571. The molecular formula is C14H19NO2. The number of imide groups is 1. The number of rotatable bonds is 2. The van der Waals surface area contributed by atoms with Crippen LogP contribution in [0.5, 0.6) is 0 Å². The van der Waals surface area contributed by atoms with Gasteiger partial charge in [0.05, 0.1) is 11.8 Å². The van der Waals surface area contributed by atoms with Gasteiger partial charge in [0.2, 0.25) is 11.8 Å². The van der Waals surface area contributed by atoms with Gasteiger partial charge in [0, 0.05) is 0 Å². The topological polar surface area (TPSA) is 46.2 Å². The van der Waals surface area contributed by atoms with Crippen molar-refractivity contribution in [1.82, 2.24) is 5.32 Å². The Morgan fingerprint density at radius 1 is 1.29 bits per heavy atom. The molecule has 2 aliphatic rings. The summed E-state index contributed by atoms with van der Waals surface area (Å²) in [4.78, 5) is 23.0. The lowest BCUT2D eigenvalue weighted by atomic mass is 9.78. The Bertz CT molecular complexity index is 402. The van der Waals surface area contributed by atoms with Crippen LogP contribution in [0.3, 0.4) is 0 Å². The van der Waals surface area contributed by atoms with Crippen molar-refractivity contribution in [3.05, 3.63) is 23.3 Å². The molecule has 0 aromatic carbocycles. The molecule has 0 radical (unpaired) electrons. The number of hydrogen-bond donors (Lipinski definition) is 1. The van der Waals surface area contributed by atoms with Gasteiger partial charge in [-0.25, -0.2) is 0 Å². The van der Waals surface area contributed by atoms with E-state index in [1.807, 2.05) is 0 Å². The third-order valence-electron chi connectivity index (χ3n) is 3.60. The van der Waals surface area contributed by atoms with Gasteiger partial charge in [-0.3, -0.25) is 14.9 Å². The summed E-state index contributed by atoms with van der Waals surface area (Å²) in [5.74, 6) is -0.312. The minimum atomic E-state index is -0.103. The van der Waals surface area contributed by atoms with E-state index in [4.69, 9.17) is 0 Å². The Morgan fingerprint density at radius 3 is 2.71 bits per heavy atom. The normalized spacial score (nSPS) is 30.1. The van der Waals surface area contributed by atoms with Crippen molar-refractivity contribution in [2.75, 3.05) is 0 Å². The van der Waals surface area contributed by atoms with E-state index < -0.39 is 0 Å². The minimum absolute atomic E-state index is 0.0663. The number of carbonyl (C=O) groups is 2. The van der Waals surface area contributed by atoms with Crippen LogP contribution in [0.25, 0.3) is 0 Å². The molecule has 1 saturated heterocycles.